The molecule has 0 spiro atoms. The lowest BCUT2D eigenvalue weighted by molar-refractivity contribution is -0.140. The molecule has 1 aliphatic rings. The highest BCUT2D eigenvalue weighted by molar-refractivity contribution is 5.77. The molecule has 0 atom stereocenters. The summed E-state index contributed by atoms with van der Waals surface area (Å²) in [6, 6.07) is 0.411. The zero-order valence-corrected chi connectivity index (χ0v) is 11.9. The maximum absolute atomic E-state index is 11.5. The molecule has 0 bridgehead atoms. The van der Waals surface area contributed by atoms with E-state index in [0.29, 0.717) is 6.54 Å². The van der Waals surface area contributed by atoms with E-state index >= 15 is 0 Å². The third-order valence-electron chi connectivity index (χ3n) is 3.29. The molecule has 1 fully saturated rings. The SMILES string of the molecule is CCN(CC(=O)O)C1CC(NC(=O)COC(C)C)C1. The third kappa shape index (κ3) is 5.57. The molecular formula is C13H24N2O4. The normalized spacial score (nSPS) is 22.4. The Kier molecular flexibility index (Phi) is 6.24. The molecule has 0 aromatic carbocycles. The van der Waals surface area contributed by atoms with Crippen molar-refractivity contribution in [3.05, 3.63) is 0 Å². The Bertz CT molecular complexity index is 314. The number of carbonyl (C=O) groups excluding carboxylic acids is 1. The molecule has 2 N–H and O–H groups in total. The number of aliphatic carboxylic acids is 1. The molecule has 0 aromatic heterocycles. The molecule has 0 aliphatic heterocycles. The first-order valence-corrected chi connectivity index (χ1v) is 6.79. The Hall–Kier alpha value is -1.14. The predicted molar refractivity (Wildman–Crippen MR) is 70.9 cm³/mol. The topological polar surface area (TPSA) is 78.9 Å². The van der Waals surface area contributed by atoms with Crippen molar-refractivity contribution in [2.75, 3.05) is 19.7 Å². The quantitative estimate of drug-likeness (QED) is 0.671. The molecule has 110 valence electrons. The molecule has 0 heterocycles. The minimum atomic E-state index is -0.806. The average molecular weight is 272 g/mol. The Morgan fingerprint density at radius 3 is 2.53 bits per heavy atom. The molecule has 1 amide bonds. The van der Waals surface area contributed by atoms with Crippen LogP contribution in [0, 0.1) is 0 Å². The van der Waals surface area contributed by atoms with Gasteiger partial charge in [0.15, 0.2) is 0 Å². The van der Waals surface area contributed by atoms with Crippen molar-refractivity contribution >= 4 is 11.9 Å². The molecule has 0 aromatic rings. The first-order valence-electron chi connectivity index (χ1n) is 6.79. The first kappa shape index (κ1) is 15.9. The average Bonchev–Trinajstić information content (AvgIpc) is 2.27. The van der Waals surface area contributed by atoms with Crippen LogP contribution in [0.3, 0.4) is 0 Å². The van der Waals surface area contributed by atoms with Crippen molar-refractivity contribution in [2.45, 2.75) is 51.8 Å². The van der Waals surface area contributed by atoms with Gasteiger partial charge >= 0.3 is 5.97 Å². The number of nitrogens with one attached hydrogen (secondary N) is 1. The number of nitrogens with zero attached hydrogens (tertiary/aromatic N) is 1. The molecule has 1 saturated carbocycles. The molecule has 0 radical (unpaired) electrons. The van der Waals surface area contributed by atoms with Gasteiger partial charge in [-0.2, -0.15) is 0 Å². The third-order valence-corrected chi connectivity index (χ3v) is 3.29. The number of amides is 1. The number of carbonyl (C=O) groups is 2. The fraction of sp³-hybridized carbons (Fsp3) is 0.846. The van der Waals surface area contributed by atoms with Gasteiger partial charge in [-0.25, -0.2) is 0 Å². The van der Waals surface area contributed by atoms with Crippen LogP contribution in [0.15, 0.2) is 0 Å². The van der Waals surface area contributed by atoms with Crippen LogP contribution in [0.4, 0.5) is 0 Å². The van der Waals surface area contributed by atoms with E-state index in [1.165, 1.54) is 0 Å². The van der Waals surface area contributed by atoms with Crippen LogP contribution in [0.1, 0.15) is 33.6 Å². The molecule has 0 unspecified atom stereocenters. The highest BCUT2D eigenvalue weighted by atomic mass is 16.5. The Morgan fingerprint density at radius 2 is 2.05 bits per heavy atom. The van der Waals surface area contributed by atoms with Crippen LogP contribution < -0.4 is 5.32 Å². The van der Waals surface area contributed by atoms with Crippen molar-refractivity contribution in [2.24, 2.45) is 0 Å². The van der Waals surface area contributed by atoms with E-state index in [-0.39, 0.29) is 37.2 Å². The largest absolute Gasteiger partial charge is 0.480 e. The number of hydrogen-bond donors (Lipinski definition) is 2. The second-order valence-electron chi connectivity index (χ2n) is 5.21. The summed E-state index contributed by atoms with van der Waals surface area (Å²) in [5, 5.41) is 11.7. The number of ether oxygens (including phenoxy) is 1. The predicted octanol–water partition coefficient (Wildman–Crippen LogP) is 0.465. The van der Waals surface area contributed by atoms with E-state index in [4.69, 9.17) is 9.84 Å². The van der Waals surface area contributed by atoms with Crippen molar-refractivity contribution < 1.29 is 19.4 Å². The van der Waals surface area contributed by atoms with Crippen molar-refractivity contribution in [1.29, 1.82) is 0 Å². The van der Waals surface area contributed by atoms with Crippen LogP contribution in [0.25, 0.3) is 0 Å². The summed E-state index contributed by atoms with van der Waals surface area (Å²) in [7, 11) is 0. The van der Waals surface area contributed by atoms with Gasteiger partial charge in [-0.15, -0.1) is 0 Å². The fourth-order valence-electron chi connectivity index (χ4n) is 2.19. The van der Waals surface area contributed by atoms with Crippen LogP contribution in [0.2, 0.25) is 0 Å². The summed E-state index contributed by atoms with van der Waals surface area (Å²) in [6.45, 7) is 6.60. The maximum atomic E-state index is 11.5. The summed E-state index contributed by atoms with van der Waals surface area (Å²) in [4.78, 5) is 24.2. The van der Waals surface area contributed by atoms with E-state index in [9.17, 15) is 9.59 Å². The molecule has 1 rings (SSSR count). The van der Waals surface area contributed by atoms with Gasteiger partial charge in [-0.1, -0.05) is 6.92 Å². The van der Waals surface area contributed by atoms with Gasteiger partial charge < -0.3 is 15.2 Å². The van der Waals surface area contributed by atoms with Crippen LogP contribution >= 0.6 is 0 Å². The zero-order chi connectivity index (χ0) is 14.4. The minimum absolute atomic E-state index is 0.0473. The number of rotatable bonds is 8. The highest BCUT2D eigenvalue weighted by Gasteiger charge is 2.34. The van der Waals surface area contributed by atoms with Gasteiger partial charge in [0.25, 0.3) is 0 Å². The highest BCUT2D eigenvalue weighted by Crippen LogP contribution is 2.25. The van der Waals surface area contributed by atoms with Crippen LogP contribution in [-0.2, 0) is 14.3 Å². The van der Waals surface area contributed by atoms with Crippen molar-refractivity contribution in [3.8, 4) is 0 Å². The van der Waals surface area contributed by atoms with Crippen LogP contribution in [0.5, 0.6) is 0 Å². The summed E-state index contributed by atoms with van der Waals surface area (Å²) in [5.41, 5.74) is 0. The monoisotopic (exact) mass is 272 g/mol. The van der Waals surface area contributed by atoms with E-state index < -0.39 is 5.97 Å². The summed E-state index contributed by atoms with van der Waals surface area (Å²) in [5.74, 6) is -0.905. The van der Waals surface area contributed by atoms with Crippen molar-refractivity contribution in [3.63, 3.8) is 0 Å². The summed E-state index contributed by atoms with van der Waals surface area (Å²) >= 11 is 0. The smallest absolute Gasteiger partial charge is 0.317 e. The minimum Gasteiger partial charge on any atom is -0.480 e. The lowest BCUT2D eigenvalue weighted by Gasteiger charge is -2.42. The standard InChI is InChI=1S/C13H24N2O4/c1-4-15(7-13(17)18)11-5-10(6-11)14-12(16)8-19-9(2)3/h9-11H,4-8H2,1-3H3,(H,14,16)(H,17,18). The van der Waals surface area contributed by atoms with Gasteiger partial charge in [0.2, 0.25) is 5.91 Å². The summed E-state index contributed by atoms with van der Waals surface area (Å²) < 4.78 is 5.22. The molecule has 6 heteroatoms. The lowest BCUT2D eigenvalue weighted by Crippen LogP contribution is -2.55. The molecule has 19 heavy (non-hydrogen) atoms. The van der Waals surface area contributed by atoms with Gasteiger partial charge in [0.1, 0.15) is 6.61 Å². The lowest BCUT2D eigenvalue weighted by atomic mass is 9.85. The Labute approximate surface area is 114 Å². The second kappa shape index (κ2) is 7.45. The number of hydrogen-bond acceptors (Lipinski definition) is 4. The molecule has 1 aliphatic carbocycles. The second-order valence-corrected chi connectivity index (χ2v) is 5.21. The first-order chi connectivity index (χ1) is 8.92. The van der Waals surface area contributed by atoms with Gasteiger partial charge in [0.05, 0.1) is 12.6 Å². The number of carboxylic acids is 1. The Balaban J connectivity index is 2.21. The van der Waals surface area contributed by atoms with Gasteiger partial charge in [0, 0.05) is 12.1 Å². The van der Waals surface area contributed by atoms with Crippen molar-refractivity contribution in [1.82, 2.24) is 10.2 Å². The van der Waals surface area contributed by atoms with E-state index in [2.05, 4.69) is 5.32 Å². The number of carboxylic acid groups (broad SMARTS) is 1. The van der Waals surface area contributed by atoms with E-state index in [1.54, 1.807) is 0 Å². The van der Waals surface area contributed by atoms with Crippen LogP contribution in [-0.4, -0.2) is 59.8 Å². The van der Waals surface area contributed by atoms with E-state index in [1.807, 2.05) is 25.7 Å². The Morgan fingerprint density at radius 1 is 1.42 bits per heavy atom. The fourth-order valence-corrected chi connectivity index (χ4v) is 2.19. The van der Waals surface area contributed by atoms with Gasteiger partial charge in [-0.3, -0.25) is 14.5 Å². The molecular weight excluding hydrogens is 248 g/mol. The molecule has 6 nitrogen and oxygen atoms in total. The summed E-state index contributed by atoms with van der Waals surface area (Å²) in [6.07, 6.45) is 1.68. The van der Waals surface area contributed by atoms with Gasteiger partial charge in [-0.05, 0) is 33.2 Å². The molecule has 0 saturated heterocycles. The van der Waals surface area contributed by atoms with E-state index in [0.717, 1.165) is 12.8 Å². The number of likely N-dealkylation sites (N-methyl/N-ethyl adjacent to an activating group) is 1. The zero-order valence-electron chi connectivity index (χ0n) is 11.9. The maximum Gasteiger partial charge on any atom is 0.317 e.